The van der Waals surface area contributed by atoms with Gasteiger partial charge in [0.2, 0.25) is 0 Å². The fraction of sp³-hybridized carbons (Fsp3) is 0.441. The largest absolute Gasteiger partial charge is 0.493 e. The minimum Gasteiger partial charge on any atom is -0.493 e. The predicted molar refractivity (Wildman–Crippen MR) is 167 cm³/mol. The number of hydrogen-bond acceptors (Lipinski definition) is 7. The first-order valence-electron chi connectivity index (χ1n) is 15.1. The lowest BCUT2D eigenvalue weighted by Crippen LogP contribution is -2.46. The third-order valence-electron chi connectivity index (χ3n) is 8.08. The van der Waals surface area contributed by atoms with Crippen molar-refractivity contribution in [2.45, 2.75) is 19.8 Å². The van der Waals surface area contributed by atoms with E-state index >= 15 is 0 Å². The molecule has 0 saturated carbocycles. The second-order valence-electron chi connectivity index (χ2n) is 10.9. The lowest BCUT2D eigenvalue weighted by Gasteiger charge is -2.36. The Morgan fingerprint density at radius 3 is 1.39 bits per heavy atom. The van der Waals surface area contributed by atoms with Gasteiger partial charge in [-0.3, -0.25) is 14.6 Å². The highest BCUT2D eigenvalue weighted by molar-refractivity contribution is 5.99. The Morgan fingerprint density at radius 2 is 1.00 bits per heavy atom. The summed E-state index contributed by atoms with van der Waals surface area (Å²) in [6.07, 6.45) is 1.84. The third-order valence-corrected chi connectivity index (χ3v) is 8.08. The van der Waals surface area contributed by atoms with Crippen molar-refractivity contribution in [3.8, 4) is 11.5 Å². The van der Waals surface area contributed by atoms with Crippen LogP contribution in [0.2, 0.25) is 0 Å². The van der Waals surface area contributed by atoms with E-state index in [4.69, 9.17) is 9.47 Å². The molecule has 5 rings (SSSR count). The zero-order chi connectivity index (χ0) is 28.3. The smallest absolute Gasteiger partial charge is 0.167 e. The van der Waals surface area contributed by atoms with Gasteiger partial charge in [-0.05, 0) is 56.2 Å². The summed E-state index contributed by atoms with van der Waals surface area (Å²) in [6, 6.07) is 26.9. The Hall–Kier alpha value is -3.55. The SMILES string of the molecule is CC(=O)c1c(OCCCN2CCN(c3ccccc3)CC2)cccc1OCCCN1CCN(c2ccccc2)CC1. The standard InChI is InChI=1S/C34H44N4O3/c1-29(39)34-32(40-27-9-17-35-19-23-37(24-20-35)30-11-4-2-5-12-30)15-8-16-33(34)41-28-10-18-36-21-25-38(26-22-36)31-13-6-3-7-14-31/h2-8,11-16H,9-10,17-28H2,1H3. The van der Waals surface area contributed by atoms with Crippen molar-refractivity contribution in [2.75, 3.05) is 88.5 Å². The summed E-state index contributed by atoms with van der Waals surface area (Å²) in [6.45, 7) is 13.1. The summed E-state index contributed by atoms with van der Waals surface area (Å²) in [5.41, 5.74) is 3.16. The summed E-state index contributed by atoms with van der Waals surface area (Å²) in [4.78, 5) is 22.4. The van der Waals surface area contributed by atoms with E-state index < -0.39 is 0 Å². The number of anilines is 2. The number of rotatable bonds is 13. The van der Waals surface area contributed by atoms with Crippen molar-refractivity contribution < 1.29 is 14.3 Å². The van der Waals surface area contributed by atoms with Gasteiger partial charge in [-0.25, -0.2) is 0 Å². The molecule has 7 heteroatoms. The number of piperazine rings is 2. The number of hydrogen-bond donors (Lipinski definition) is 0. The van der Waals surface area contributed by atoms with Gasteiger partial charge in [0.1, 0.15) is 17.1 Å². The van der Waals surface area contributed by atoms with E-state index in [1.165, 1.54) is 11.4 Å². The summed E-state index contributed by atoms with van der Waals surface area (Å²) in [5.74, 6) is 1.23. The number of ketones is 1. The highest BCUT2D eigenvalue weighted by Gasteiger charge is 2.19. The minimum atomic E-state index is -0.0235. The van der Waals surface area contributed by atoms with E-state index in [0.717, 1.165) is 78.3 Å². The van der Waals surface area contributed by atoms with E-state index in [2.05, 4.69) is 80.3 Å². The topological polar surface area (TPSA) is 48.5 Å². The van der Waals surface area contributed by atoms with E-state index in [1.54, 1.807) is 6.92 Å². The Kier molecular flexibility index (Phi) is 10.5. The first kappa shape index (κ1) is 29.0. The van der Waals surface area contributed by atoms with Gasteiger partial charge in [0.15, 0.2) is 5.78 Å². The molecule has 218 valence electrons. The summed E-state index contributed by atoms with van der Waals surface area (Å²) in [7, 11) is 0. The fourth-order valence-corrected chi connectivity index (χ4v) is 5.78. The fourth-order valence-electron chi connectivity index (χ4n) is 5.78. The van der Waals surface area contributed by atoms with Crippen molar-refractivity contribution in [2.24, 2.45) is 0 Å². The molecule has 0 bridgehead atoms. The van der Waals surface area contributed by atoms with Crippen molar-refractivity contribution in [1.82, 2.24) is 9.80 Å². The number of carbonyl (C=O) groups is 1. The van der Waals surface area contributed by atoms with E-state index in [0.29, 0.717) is 30.3 Å². The Balaban J connectivity index is 1.01. The molecule has 0 spiro atoms. The number of benzene rings is 3. The Bertz CT molecular complexity index is 1120. The molecule has 0 atom stereocenters. The maximum absolute atomic E-state index is 12.6. The maximum atomic E-state index is 12.6. The lowest BCUT2D eigenvalue weighted by atomic mass is 10.1. The van der Waals surface area contributed by atoms with Crippen LogP contribution in [0.1, 0.15) is 30.1 Å². The molecule has 0 N–H and O–H groups in total. The second-order valence-corrected chi connectivity index (χ2v) is 10.9. The normalized spacial score (nSPS) is 16.5. The number of nitrogens with zero attached hydrogens (tertiary/aromatic N) is 4. The van der Waals surface area contributed by atoms with Crippen LogP contribution in [-0.2, 0) is 0 Å². The average molecular weight is 557 g/mol. The van der Waals surface area contributed by atoms with Crippen molar-refractivity contribution >= 4 is 17.2 Å². The molecule has 0 unspecified atom stereocenters. The Labute approximate surface area is 245 Å². The summed E-state index contributed by atoms with van der Waals surface area (Å²) < 4.78 is 12.2. The lowest BCUT2D eigenvalue weighted by molar-refractivity contribution is 0.100. The van der Waals surface area contributed by atoms with Crippen LogP contribution in [0.25, 0.3) is 0 Å². The van der Waals surface area contributed by atoms with Gasteiger partial charge in [-0.2, -0.15) is 0 Å². The van der Waals surface area contributed by atoms with Crippen LogP contribution < -0.4 is 19.3 Å². The molecule has 3 aromatic rings. The summed E-state index contributed by atoms with van der Waals surface area (Å²) in [5, 5.41) is 0. The second kappa shape index (κ2) is 14.9. The van der Waals surface area contributed by atoms with Crippen LogP contribution in [0, 0.1) is 0 Å². The molecule has 2 aliphatic rings. The van der Waals surface area contributed by atoms with Crippen LogP contribution in [0.15, 0.2) is 78.9 Å². The monoisotopic (exact) mass is 556 g/mol. The molecule has 2 heterocycles. The zero-order valence-corrected chi connectivity index (χ0v) is 24.4. The number of ether oxygens (including phenoxy) is 2. The Morgan fingerprint density at radius 1 is 0.585 bits per heavy atom. The van der Waals surface area contributed by atoms with Gasteiger partial charge in [-0.15, -0.1) is 0 Å². The van der Waals surface area contributed by atoms with Crippen LogP contribution in [0.3, 0.4) is 0 Å². The molecular formula is C34H44N4O3. The number of para-hydroxylation sites is 2. The van der Waals surface area contributed by atoms with Gasteiger partial charge < -0.3 is 19.3 Å². The van der Waals surface area contributed by atoms with E-state index in [1.807, 2.05) is 18.2 Å². The maximum Gasteiger partial charge on any atom is 0.167 e. The molecule has 3 aromatic carbocycles. The number of Topliss-reactive ketones (excluding diaryl/α,β-unsaturated/α-hetero) is 1. The zero-order valence-electron chi connectivity index (χ0n) is 24.4. The quantitative estimate of drug-likeness (QED) is 0.215. The van der Waals surface area contributed by atoms with E-state index in [-0.39, 0.29) is 5.78 Å². The van der Waals surface area contributed by atoms with Crippen molar-refractivity contribution in [3.63, 3.8) is 0 Å². The molecule has 0 amide bonds. The van der Waals surface area contributed by atoms with Gasteiger partial charge in [-0.1, -0.05) is 42.5 Å². The van der Waals surface area contributed by atoms with Crippen molar-refractivity contribution in [1.29, 1.82) is 0 Å². The van der Waals surface area contributed by atoms with Crippen LogP contribution in [0.5, 0.6) is 11.5 Å². The molecule has 2 saturated heterocycles. The number of carbonyl (C=O) groups excluding carboxylic acids is 1. The van der Waals surface area contributed by atoms with Gasteiger partial charge in [0.05, 0.1) is 13.2 Å². The molecule has 41 heavy (non-hydrogen) atoms. The molecule has 7 nitrogen and oxygen atoms in total. The van der Waals surface area contributed by atoms with Crippen LogP contribution in [0.4, 0.5) is 11.4 Å². The molecule has 0 aliphatic carbocycles. The van der Waals surface area contributed by atoms with E-state index in [9.17, 15) is 4.79 Å². The minimum absolute atomic E-state index is 0.0235. The summed E-state index contributed by atoms with van der Waals surface area (Å²) >= 11 is 0. The first-order valence-corrected chi connectivity index (χ1v) is 15.1. The molecule has 0 radical (unpaired) electrons. The molecule has 2 fully saturated rings. The van der Waals surface area contributed by atoms with Gasteiger partial charge >= 0.3 is 0 Å². The average Bonchev–Trinajstić information content (AvgIpc) is 3.03. The van der Waals surface area contributed by atoms with Crippen molar-refractivity contribution in [3.05, 3.63) is 84.4 Å². The van der Waals surface area contributed by atoms with Crippen LogP contribution >= 0.6 is 0 Å². The van der Waals surface area contributed by atoms with Crippen LogP contribution in [-0.4, -0.2) is 94.2 Å². The molecule has 0 aromatic heterocycles. The highest BCUT2D eigenvalue weighted by Crippen LogP contribution is 2.29. The highest BCUT2D eigenvalue weighted by atomic mass is 16.5. The predicted octanol–water partition coefficient (Wildman–Crippen LogP) is 5.07. The molecular weight excluding hydrogens is 512 g/mol. The third kappa shape index (κ3) is 8.24. The van der Waals surface area contributed by atoms with Gasteiger partial charge in [0.25, 0.3) is 0 Å². The molecule has 2 aliphatic heterocycles. The first-order chi connectivity index (χ1) is 20.2. The van der Waals surface area contributed by atoms with Gasteiger partial charge in [0, 0.05) is 76.8 Å².